The van der Waals surface area contributed by atoms with Crippen molar-refractivity contribution in [2.45, 2.75) is 125 Å². The van der Waals surface area contributed by atoms with Crippen LogP contribution in [0.2, 0.25) is 0 Å². The lowest BCUT2D eigenvalue weighted by Gasteiger charge is -2.71. The zero-order valence-electron chi connectivity index (χ0n) is 29.1. The van der Waals surface area contributed by atoms with Gasteiger partial charge in [0, 0.05) is 17.0 Å². The van der Waals surface area contributed by atoms with Crippen LogP contribution in [0.15, 0.2) is 46.5 Å². The van der Waals surface area contributed by atoms with Gasteiger partial charge in [0.25, 0.3) is 0 Å². The van der Waals surface area contributed by atoms with Crippen LogP contribution in [0.25, 0.3) is 11.3 Å². The molecule has 5 nitrogen and oxygen atoms in total. The highest BCUT2D eigenvalue weighted by Crippen LogP contribution is 2.75. The lowest BCUT2D eigenvalue weighted by molar-refractivity contribution is -0.203. The fourth-order valence-electron chi connectivity index (χ4n) is 12.1. The van der Waals surface area contributed by atoms with E-state index in [0.717, 1.165) is 44.1 Å². The molecule has 4 saturated carbocycles. The first-order valence-electron chi connectivity index (χ1n) is 17.9. The van der Waals surface area contributed by atoms with Gasteiger partial charge in [-0.2, -0.15) is 0 Å². The van der Waals surface area contributed by atoms with Crippen LogP contribution < -0.4 is 5.32 Å². The molecule has 5 aliphatic rings. The zero-order valence-corrected chi connectivity index (χ0v) is 29.1. The predicted octanol–water partition coefficient (Wildman–Crippen LogP) is 9.26. The maximum Gasteiger partial charge on any atom is 0.226 e. The molecular formula is C40H55FN2O3. The summed E-state index contributed by atoms with van der Waals surface area (Å²) in [7, 11) is 0. The van der Waals surface area contributed by atoms with Gasteiger partial charge in [-0.25, -0.2) is 4.39 Å². The van der Waals surface area contributed by atoms with Crippen molar-refractivity contribution in [3.05, 3.63) is 53.6 Å². The van der Waals surface area contributed by atoms with Gasteiger partial charge in [-0.3, -0.25) is 4.79 Å². The van der Waals surface area contributed by atoms with Crippen LogP contribution in [0.5, 0.6) is 0 Å². The third-order valence-electron chi connectivity index (χ3n) is 15.5. The van der Waals surface area contributed by atoms with Gasteiger partial charge in [-0.1, -0.05) is 65.3 Å². The van der Waals surface area contributed by atoms with Crippen LogP contribution in [0.3, 0.4) is 0 Å². The number of halogens is 1. The average Bonchev–Trinajstić information content (AvgIpc) is 3.49. The molecule has 0 radical (unpaired) electrons. The first-order valence-corrected chi connectivity index (χ1v) is 17.9. The Morgan fingerprint density at radius 2 is 1.67 bits per heavy atom. The SMILES string of the molecule is CC1(C)C2CC[C@]3(C)[C@H](CC=C4[C@H]5C[C@@](C)(C(=O)NCc6cc(-c7ccc(F)cc7)no6)CC[C@]5(C)CC[C@]43C)[C@@]2(C)CC[C@@H]1O. The lowest BCUT2D eigenvalue weighted by atomic mass is 9.33. The highest BCUT2D eigenvalue weighted by molar-refractivity contribution is 5.82. The molecule has 46 heavy (non-hydrogen) atoms. The number of hydrogen-bond acceptors (Lipinski definition) is 4. The molecule has 0 spiro atoms. The second kappa shape index (κ2) is 10.5. The minimum Gasteiger partial charge on any atom is -0.393 e. The standard InChI is InChI=1S/C40H55FN2O3/c1-35(2)31-14-17-40(7)32(38(31,5)16-15-33(35)44)13-12-28-29-23-37(4,19-18-36(29,3)20-21-39(28,40)6)34(45)42-24-27-22-30(43-46-27)25-8-10-26(41)11-9-25/h8-12,22,29,31-33,44H,13-21,23-24H2,1-7H3,(H,42,45)/t29-,31?,32-,33+,36-,37+,38+,39-,40-/m1/s1. The smallest absolute Gasteiger partial charge is 0.226 e. The number of aromatic nitrogens is 1. The summed E-state index contributed by atoms with van der Waals surface area (Å²) in [6.07, 6.45) is 13.3. The minimum absolute atomic E-state index is 0.0445. The van der Waals surface area contributed by atoms with Crippen molar-refractivity contribution in [1.82, 2.24) is 10.5 Å². The fourth-order valence-corrected chi connectivity index (χ4v) is 12.1. The molecule has 1 amide bonds. The number of fused-ring (bicyclic) bond motifs is 7. The number of allylic oxidation sites excluding steroid dienone is 2. The molecule has 9 atom stereocenters. The van der Waals surface area contributed by atoms with E-state index in [1.807, 2.05) is 6.07 Å². The highest BCUT2D eigenvalue weighted by atomic mass is 19.1. The molecule has 1 heterocycles. The molecule has 0 bridgehead atoms. The van der Waals surface area contributed by atoms with E-state index >= 15 is 0 Å². The van der Waals surface area contributed by atoms with Gasteiger partial charge in [-0.15, -0.1) is 0 Å². The highest BCUT2D eigenvalue weighted by Gasteiger charge is 2.68. The summed E-state index contributed by atoms with van der Waals surface area (Å²) >= 11 is 0. The zero-order chi connectivity index (χ0) is 32.9. The number of carbonyl (C=O) groups excluding carboxylic acids is 1. The molecule has 5 aliphatic carbocycles. The van der Waals surface area contributed by atoms with Crippen molar-refractivity contribution >= 4 is 5.91 Å². The van der Waals surface area contributed by atoms with E-state index in [-0.39, 0.29) is 51.4 Å². The van der Waals surface area contributed by atoms with E-state index in [4.69, 9.17) is 4.52 Å². The first kappa shape index (κ1) is 32.1. The normalized spacial score (nSPS) is 42.9. The molecule has 7 rings (SSSR count). The Hall–Kier alpha value is -2.47. The number of amides is 1. The van der Waals surface area contributed by atoms with Crippen molar-refractivity contribution in [2.24, 2.45) is 50.2 Å². The first-order chi connectivity index (χ1) is 21.6. The van der Waals surface area contributed by atoms with Crippen LogP contribution in [-0.4, -0.2) is 22.3 Å². The van der Waals surface area contributed by atoms with Gasteiger partial charge in [0.05, 0.1) is 12.6 Å². The van der Waals surface area contributed by atoms with Crippen molar-refractivity contribution in [1.29, 1.82) is 0 Å². The summed E-state index contributed by atoms with van der Waals surface area (Å²) in [5.74, 6) is 1.97. The summed E-state index contributed by atoms with van der Waals surface area (Å²) in [5, 5.41) is 18.4. The Labute approximate surface area is 275 Å². The Balaban J connectivity index is 1.11. The molecule has 2 aromatic rings. The Bertz CT molecular complexity index is 1550. The molecule has 1 aromatic heterocycles. The number of nitrogens with zero attached hydrogens (tertiary/aromatic N) is 1. The third-order valence-corrected chi connectivity index (χ3v) is 15.5. The van der Waals surface area contributed by atoms with Gasteiger partial charge in [-0.05, 0) is 133 Å². The second-order valence-corrected chi connectivity index (χ2v) is 18.0. The number of benzene rings is 1. The van der Waals surface area contributed by atoms with Crippen molar-refractivity contribution in [3.8, 4) is 11.3 Å². The van der Waals surface area contributed by atoms with Gasteiger partial charge in [0.1, 0.15) is 11.5 Å². The number of carbonyl (C=O) groups is 1. The molecule has 0 aliphatic heterocycles. The molecule has 1 aromatic carbocycles. The molecule has 0 saturated heterocycles. The maximum atomic E-state index is 13.9. The van der Waals surface area contributed by atoms with Gasteiger partial charge >= 0.3 is 0 Å². The Morgan fingerprint density at radius 1 is 0.957 bits per heavy atom. The van der Waals surface area contributed by atoms with Crippen molar-refractivity contribution in [2.75, 3.05) is 0 Å². The number of hydrogen-bond donors (Lipinski definition) is 2. The summed E-state index contributed by atoms with van der Waals surface area (Å²) < 4.78 is 18.9. The van der Waals surface area contributed by atoms with Crippen molar-refractivity contribution < 1.29 is 18.8 Å². The van der Waals surface area contributed by atoms with Crippen LogP contribution in [0.4, 0.5) is 4.39 Å². The van der Waals surface area contributed by atoms with Gasteiger partial charge in [0.2, 0.25) is 5.91 Å². The van der Waals surface area contributed by atoms with E-state index in [2.05, 4.69) is 65.0 Å². The maximum absolute atomic E-state index is 13.9. The quantitative estimate of drug-likeness (QED) is 0.330. The van der Waals surface area contributed by atoms with E-state index in [1.54, 1.807) is 17.7 Å². The van der Waals surface area contributed by atoms with E-state index in [9.17, 15) is 14.3 Å². The van der Waals surface area contributed by atoms with Crippen molar-refractivity contribution in [3.63, 3.8) is 0 Å². The summed E-state index contributed by atoms with van der Waals surface area (Å²) in [4.78, 5) is 13.9. The van der Waals surface area contributed by atoms with Crippen LogP contribution in [0, 0.1) is 56.1 Å². The number of nitrogens with one attached hydrogen (secondary N) is 1. The monoisotopic (exact) mass is 630 g/mol. The fraction of sp³-hybridized carbons (Fsp3) is 0.700. The number of aliphatic hydroxyl groups excluding tert-OH is 1. The van der Waals surface area contributed by atoms with E-state index in [0.29, 0.717) is 29.2 Å². The lowest BCUT2D eigenvalue weighted by Crippen LogP contribution is -2.64. The topological polar surface area (TPSA) is 75.4 Å². The molecular weight excluding hydrogens is 575 g/mol. The molecule has 6 heteroatoms. The van der Waals surface area contributed by atoms with Crippen LogP contribution in [-0.2, 0) is 11.3 Å². The summed E-state index contributed by atoms with van der Waals surface area (Å²) in [6, 6.07) is 8.02. The van der Waals surface area contributed by atoms with E-state index < -0.39 is 5.41 Å². The van der Waals surface area contributed by atoms with E-state index in [1.165, 1.54) is 37.8 Å². The van der Waals surface area contributed by atoms with Crippen LogP contribution in [0.1, 0.15) is 118 Å². The number of aliphatic hydroxyl groups is 1. The average molecular weight is 631 g/mol. The Morgan fingerprint density at radius 3 is 2.41 bits per heavy atom. The third kappa shape index (κ3) is 4.54. The summed E-state index contributed by atoms with van der Waals surface area (Å²) in [5.41, 5.74) is 3.37. The molecule has 1 unspecified atom stereocenters. The largest absolute Gasteiger partial charge is 0.393 e. The summed E-state index contributed by atoms with van der Waals surface area (Å²) in [6.45, 7) is 17.4. The van der Waals surface area contributed by atoms with Crippen LogP contribution >= 0.6 is 0 Å². The second-order valence-electron chi connectivity index (χ2n) is 18.0. The van der Waals surface area contributed by atoms with Gasteiger partial charge in [0.15, 0.2) is 5.76 Å². The minimum atomic E-state index is -0.450. The number of rotatable bonds is 4. The molecule has 4 fully saturated rings. The predicted molar refractivity (Wildman–Crippen MR) is 179 cm³/mol. The molecule has 250 valence electrons. The Kier molecular flexibility index (Phi) is 7.34. The van der Waals surface area contributed by atoms with Gasteiger partial charge < -0.3 is 14.9 Å². The molecule has 2 N–H and O–H groups in total.